The van der Waals surface area contributed by atoms with Gasteiger partial charge in [0.05, 0.1) is 0 Å². The molecule has 0 bridgehead atoms. The second kappa shape index (κ2) is 2.22. The molecule has 0 fully saturated rings. The van der Waals surface area contributed by atoms with E-state index in [1.54, 1.807) is 0 Å². The monoisotopic (exact) mass is 148 g/mol. The van der Waals surface area contributed by atoms with Gasteiger partial charge in [0.15, 0.2) is 0 Å². The first-order valence-corrected chi connectivity index (χ1v) is 4.02. The Hall–Kier alpha value is -1.05. The van der Waals surface area contributed by atoms with Crippen LogP contribution >= 0.6 is 0 Å². The molecule has 0 saturated carbocycles. The first-order valence-electron chi connectivity index (χ1n) is 4.02. The number of anilines is 1. The Morgan fingerprint density at radius 1 is 1.45 bits per heavy atom. The van der Waals surface area contributed by atoms with E-state index in [4.69, 9.17) is 5.73 Å². The summed E-state index contributed by atoms with van der Waals surface area (Å²) in [6.07, 6.45) is 5.32. The van der Waals surface area contributed by atoms with E-state index in [1.807, 2.05) is 13.1 Å². The van der Waals surface area contributed by atoms with E-state index in [1.165, 1.54) is 17.7 Å². The smallest absolute Gasteiger partial charge is 0.0456 e. The average Bonchev–Trinajstić information content (AvgIpc) is 2.45. The van der Waals surface area contributed by atoms with E-state index < -0.39 is 0 Å². The molecule has 11 heavy (non-hydrogen) atoms. The highest BCUT2D eigenvalue weighted by Crippen LogP contribution is 2.26. The molecule has 2 nitrogen and oxygen atoms in total. The van der Waals surface area contributed by atoms with Crippen LogP contribution in [0.4, 0.5) is 5.69 Å². The SMILES string of the molecule is Cc1cnc2c(c1N)CCC2. The number of nitrogens with zero attached hydrogens (tertiary/aromatic N) is 1. The number of nitrogen functional groups attached to an aromatic ring is 1. The van der Waals surface area contributed by atoms with Crippen molar-refractivity contribution in [3.63, 3.8) is 0 Å². The second-order valence-corrected chi connectivity index (χ2v) is 3.13. The summed E-state index contributed by atoms with van der Waals surface area (Å²) in [6.45, 7) is 2.01. The molecule has 0 amide bonds. The van der Waals surface area contributed by atoms with Gasteiger partial charge in [-0.25, -0.2) is 0 Å². The van der Waals surface area contributed by atoms with Crippen LogP contribution in [-0.4, -0.2) is 4.98 Å². The van der Waals surface area contributed by atoms with Crippen LogP contribution in [0.15, 0.2) is 6.20 Å². The third-order valence-corrected chi connectivity index (χ3v) is 2.35. The highest BCUT2D eigenvalue weighted by atomic mass is 14.7. The van der Waals surface area contributed by atoms with Crippen molar-refractivity contribution in [1.29, 1.82) is 0 Å². The molecule has 0 atom stereocenters. The van der Waals surface area contributed by atoms with Crippen molar-refractivity contribution in [3.8, 4) is 0 Å². The summed E-state index contributed by atoms with van der Waals surface area (Å²) < 4.78 is 0. The number of aromatic nitrogens is 1. The minimum Gasteiger partial charge on any atom is -0.398 e. The first-order chi connectivity index (χ1) is 5.29. The lowest BCUT2D eigenvalue weighted by Gasteiger charge is -2.04. The number of hydrogen-bond donors (Lipinski definition) is 1. The van der Waals surface area contributed by atoms with Crippen LogP contribution in [0, 0.1) is 6.92 Å². The molecular weight excluding hydrogens is 136 g/mol. The molecule has 2 rings (SSSR count). The van der Waals surface area contributed by atoms with Gasteiger partial charge in [-0.1, -0.05) is 0 Å². The van der Waals surface area contributed by atoms with Crippen LogP contribution in [0.2, 0.25) is 0 Å². The molecular formula is C9H12N2. The van der Waals surface area contributed by atoms with Crippen LogP contribution < -0.4 is 5.73 Å². The van der Waals surface area contributed by atoms with Gasteiger partial charge in [-0.15, -0.1) is 0 Å². The van der Waals surface area contributed by atoms with E-state index in [9.17, 15) is 0 Å². The maximum Gasteiger partial charge on any atom is 0.0456 e. The Morgan fingerprint density at radius 3 is 3.09 bits per heavy atom. The van der Waals surface area contributed by atoms with E-state index in [2.05, 4.69) is 4.98 Å². The minimum absolute atomic E-state index is 0.965. The van der Waals surface area contributed by atoms with Gasteiger partial charge in [0.2, 0.25) is 0 Å². The summed E-state index contributed by atoms with van der Waals surface area (Å²) in [7, 11) is 0. The highest BCUT2D eigenvalue weighted by molar-refractivity contribution is 5.55. The summed E-state index contributed by atoms with van der Waals surface area (Å²) in [4.78, 5) is 4.34. The van der Waals surface area contributed by atoms with E-state index in [0.29, 0.717) is 0 Å². The molecule has 1 aliphatic carbocycles. The fourth-order valence-corrected chi connectivity index (χ4v) is 1.64. The van der Waals surface area contributed by atoms with Gasteiger partial charge in [0.25, 0.3) is 0 Å². The second-order valence-electron chi connectivity index (χ2n) is 3.13. The molecule has 0 aromatic carbocycles. The number of nitrogens with two attached hydrogens (primary N) is 1. The maximum absolute atomic E-state index is 5.89. The molecule has 2 heteroatoms. The minimum atomic E-state index is 0.965. The van der Waals surface area contributed by atoms with Crippen molar-refractivity contribution in [2.75, 3.05) is 5.73 Å². The van der Waals surface area contributed by atoms with Crippen LogP contribution in [0.5, 0.6) is 0 Å². The first kappa shape index (κ1) is 6.65. The van der Waals surface area contributed by atoms with Crippen molar-refractivity contribution < 1.29 is 0 Å². The summed E-state index contributed by atoms with van der Waals surface area (Å²) >= 11 is 0. The zero-order valence-corrected chi connectivity index (χ0v) is 6.72. The number of rotatable bonds is 0. The molecule has 1 aliphatic rings. The summed E-state index contributed by atoms with van der Waals surface area (Å²) in [5, 5.41) is 0. The lowest BCUT2D eigenvalue weighted by Crippen LogP contribution is -1.98. The zero-order chi connectivity index (χ0) is 7.84. The van der Waals surface area contributed by atoms with Gasteiger partial charge in [0, 0.05) is 17.6 Å². The molecule has 58 valence electrons. The maximum atomic E-state index is 5.89. The third-order valence-electron chi connectivity index (χ3n) is 2.35. The standard InChI is InChI=1S/C9H12N2/c1-6-5-11-8-4-2-3-7(8)9(6)10/h5H,2-4H2,1H3,(H2,10,11). The lowest BCUT2D eigenvalue weighted by atomic mass is 10.1. The number of hydrogen-bond acceptors (Lipinski definition) is 2. The van der Waals surface area contributed by atoms with Crippen LogP contribution in [0.25, 0.3) is 0 Å². The molecule has 0 spiro atoms. The van der Waals surface area contributed by atoms with Gasteiger partial charge in [-0.2, -0.15) is 0 Å². The molecule has 0 radical (unpaired) electrons. The Bertz CT molecular complexity index is 292. The van der Waals surface area contributed by atoms with Crippen LogP contribution in [0.3, 0.4) is 0 Å². The Balaban J connectivity index is 2.62. The zero-order valence-electron chi connectivity index (χ0n) is 6.72. The quantitative estimate of drug-likeness (QED) is 0.605. The number of pyridine rings is 1. The topological polar surface area (TPSA) is 38.9 Å². The Morgan fingerprint density at radius 2 is 2.27 bits per heavy atom. The number of fused-ring (bicyclic) bond motifs is 1. The van der Waals surface area contributed by atoms with Gasteiger partial charge in [-0.05, 0) is 37.3 Å². The number of aryl methyl sites for hydroxylation is 2. The van der Waals surface area contributed by atoms with E-state index in [-0.39, 0.29) is 0 Å². The Kier molecular flexibility index (Phi) is 1.34. The van der Waals surface area contributed by atoms with Crippen molar-refractivity contribution in [1.82, 2.24) is 4.98 Å². The Labute approximate surface area is 66.4 Å². The fourth-order valence-electron chi connectivity index (χ4n) is 1.64. The summed E-state index contributed by atoms with van der Waals surface area (Å²) in [6, 6.07) is 0. The van der Waals surface area contributed by atoms with Crippen molar-refractivity contribution >= 4 is 5.69 Å². The van der Waals surface area contributed by atoms with Gasteiger partial charge >= 0.3 is 0 Å². The fraction of sp³-hybridized carbons (Fsp3) is 0.444. The molecule has 0 unspecified atom stereocenters. The highest BCUT2D eigenvalue weighted by Gasteiger charge is 2.15. The van der Waals surface area contributed by atoms with Crippen LogP contribution in [-0.2, 0) is 12.8 Å². The predicted octanol–water partition coefficient (Wildman–Crippen LogP) is 1.46. The van der Waals surface area contributed by atoms with E-state index >= 15 is 0 Å². The average molecular weight is 148 g/mol. The normalized spacial score (nSPS) is 15.0. The summed E-state index contributed by atoms with van der Waals surface area (Å²) in [5.41, 5.74) is 10.5. The van der Waals surface area contributed by atoms with Gasteiger partial charge < -0.3 is 5.73 Å². The van der Waals surface area contributed by atoms with Crippen LogP contribution in [0.1, 0.15) is 23.2 Å². The van der Waals surface area contributed by atoms with Gasteiger partial charge in [0.1, 0.15) is 0 Å². The molecule has 0 saturated heterocycles. The van der Waals surface area contributed by atoms with E-state index in [0.717, 1.165) is 24.1 Å². The molecule has 1 heterocycles. The largest absolute Gasteiger partial charge is 0.398 e. The molecule has 0 aliphatic heterocycles. The third kappa shape index (κ3) is 0.897. The lowest BCUT2D eigenvalue weighted by molar-refractivity contribution is 0.899. The predicted molar refractivity (Wildman–Crippen MR) is 45.4 cm³/mol. The van der Waals surface area contributed by atoms with Crippen molar-refractivity contribution in [2.45, 2.75) is 26.2 Å². The van der Waals surface area contributed by atoms with Crippen molar-refractivity contribution in [3.05, 3.63) is 23.0 Å². The van der Waals surface area contributed by atoms with Gasteiger partial charge in [-0.3, -0.25) is 4.98 Å². The molecule has 1 aromatic heterocycles. The molecule has 2 N–H and O–H groups in total. The molecule has 1 aromatic rings. The van der Waals surface area contributed by atoms with Crippen molar-refractivity contribution in [2.24, 2.45) is 0 Å². The summed E-state index contributed by atoms with van der Waals surface area (Å²) in [5.74, 6) is 0.